The van der Waals surface area contributed by atoms with Crippen LogP contribution in [0.3, 0.4) is 0 Å². The lowest BCUT2D eigenvalue weighted by molar-refractivity contribution is 0.0694. The van der Waals surface area contributed by atoms with Gasteiger partial charge in [0, 0.05) is 12.7 Å². The van der Waals surface area contributed by atoms with Crippen LogP contribution in [0.4, 0.5) is 10.1 Å². The lowest BCUT2D eigenvalue weighted by atomic mass is 10.0. The second kappa shape index (κ2) is 9.78. The van der Waals surface area contributed by atoms with E-state index in [1.807, 2.05) is 13.8 Å². The van der Waals surface area contributed by atoms with Crippen molar-refractivity contribution in [3.63, 3.8) is 0 Å². The number of anilines is 1. The van der Waals surface area contributed by atoms with Crippen LogP contribution in [-0.4, -0.2) is 46.0 Å². The molecule has 0 fully saturated rings. The number of nitrogens with zero attached hydrogens (tertiary/aromatic N) is 2. The Kier molecular flexibility index (Phi) is 7.09. The number of halogens is 1. The van der Waals surface area contributed by atoms with Crippen molar-refractivity contribution in [3.8, 4) is 5.88 Å². The smallest absolute Gasteiger partial charge is 0.341 e. The predicted molar refractivity (Wildman–Crippen MR) is 119 cm³/mol. The summed E-state index contributed by atoms with van der Waals surface area (Å²) in [5.74, 6) is -1.53. The van der Waals surface area contributed by atoms with E-state index in [2.05, 4.69) is 10.3 Å². The Hall–Kier alpha value is -3.46. The van der Waals surface area contributed by atoms with Crippen LogP contribution in [0.15, 0.2) is 41.3 Å². The van der Waals surface area contributed by atoms with E-state index in [4.69, 9.17) is 4.74 Å². The third kappa shape index (κ3) is 4.57. The van der Waals surface area contributed by atoms with E-state index in [-0.39, 0.29) is 35.3 Å². The molecular formula is C23H26FN3O5. The molecule has 0 bridgehead atoms. The number of ether oxygens (including phenoxy) is 1. The Labute approximate surface area is 184 Å². The number of nitrogens with one attached hydrogen (secondary N) is 1. The first kappa shape index (κ1) is 23.2. The van der Waals surface area contributed by atoms with Crippen LogP contribution in [0.25, 0.3) is 11.0 Å². The summed E-state index contributed by atoms with van der Waals surface area (Å²) in [5.41, 5.74) is 0.0280. The highest BCUT2D eigenvalue weighted by Gasteiger charge is 2.23. The summed E-state index contributed by atoms with van der Waals surface area (Å²) < 4.78 is 20.8. The zero-order chi connectivity index (χ0) is 23.4. The van der Waals surface area contributed by atoms with Gasteiger partial charge in [-0.3, -0.25) is 4.79 Å². The molecule has 3 aromatic rings. The van der Waals surface area contributed by atoms with Crippen LogP contribution in [0.5, 0.6) is 5.88 Å². The van der Waals surface area contributed by atoms with Crippen LogP contribution in [0.1, 0.15) is 35.8 Å². The highest BCUT2D eigenvalue weighted by molar-refractivity contribution is 5.93. The number of carboxylic acid groups (broad SMARTS) is 1. The largest absolute Gasteiger partial charge is 0.479 e. The molecule has 0 aliphatic carbocycles. The number of aromatic carboxylic acids is 1. The van der Waals surface area contributed by atoms with E-state index in [0.717, 1.165) is 0 Å². The number of benzene rings is 1. The third-order valence-corrected chi connectivity index (χ3v) is 5.37. The van der Waals surface area contributed by atoms with Gasteiger partial charge in [-0.25, -0.2) is 9.18 Å². The molecule has 0 aliphatic rings. The number of carbonyl (C=O) groups is 1. The number of aromatic nitrogens is 2. The summed E-state index contributed by atoms with van der Waals surface area (Å²) in [6.45, 7) is 3.83. The first-order valence-corrected chi connectivity index (χ1v) is 10.2. The van der Waals surface area contributed by atoms with Crippen molar-refractivity contribution in [3.05, 3.63) is 63.7 Å². The molecule has 3 rings (SSSR count). The van der Waals surface area contributed by atoms with E-state index < -0.39 is 23.0 Å². The SMILES string of the molecule is COc1nc2c(cc1NCCc1ccccc1F)c(=O)c(C(=O)O)cn2[C@H](CO)C(C)C. The van der Waals surface area contributed by atoms with Crippen molar-refractivity contribution in [2.75, 3.05) is 25.6 Å². The van der Waals surface area contributed by atoms with E-state index in [9.17, 15) is 24.2 Å². The first-order chi connectivity index (χ1) is 15.3. The lowest BCUT2D eigenvalue weighted by Crippen LogP contribution is -2.26. The second-order valence-electron chi connectivity index (χ2n) is 7.76. The Morgan fingerprint density at radius 1 is 1.31 bits per heavy atom. The molecule has 0 saturated carbocycles. The number of aliphatic hydroxyl groups excluding tert-OH is 1. The molecule has 3 N–H and O–H groups in total. The van der Waals surface area contributed by atoms with E-state index in [0.29, 0.717) is 24.2 Å². The molecule has 9 heteroatoms. The first-order valence-electron chi connectivity index (χ1n) is 10.2. The minimum absolute atomic E-state index is 0.0567. The maximum atomic E-state index is 13.9. The maximum Gasteiger partial charge on any atom is 0.341 e. The van der Waals surface area contributed by atoms with Gasteiger partial charge in [-0.1, -0.05) is 32.0 Å². The molecule has 0 unspecified atom stereocenters. The van der Waals surface area contributed by atoms with Gasteiger partial charge in [-0.05, 0) is 30.0 Å². The van der Waals surface area contributed by atoms with Gasteiger partial charge in [0.25, 0.3) is 0 Å². The summed E-state index contributed by atoms with van der Waals surface area (Å²) in [7, 11) is 1.43. The Bertz CT molecular complexity index is 1190. The summed E-state index contributed by atoms with van der Waals surface area (Å²) in [5, 5.41) is 22.6. The molecule has 32 heavy (non-hydrogen) atoms. The molecule has 170 valence electrons. The predicted octanol–water partition coefficient (Wildman–Crippen LogP) is 3.09. The Balaban J connectivity index is 2.09. The average Bonchev–Trinajstić information content (AvgIpc) is 2.76. The van der Waals surface area contributed by atoms with Gasteiger partial charge in [-0.15, -0.1) is 0 Å². The molecular weight excluding hydrogens is 417 g/mol. The van der Waals surface area contributed by atoms with Crippen molar-refractivity contribution in [1.82, 2.24) is 9.55 Å². The number of rotatable bonds is 9. The zero-order valence-corrected chi connectivity index (χ0v) is 18.1. The summed E-state index contributed by atoms with van der Waals surface area (Å²) in [6.07, 6.45) is 1.60. The number of hydrogen-bond donors (Lipinski definition) is 3. The quantitative estimate of drug-likeness (QED) is 0.466. The Morgan fingerprint density at radius 2 is 2.03 bits per heavy atom. The van der Waals surface area contributed by atoms with E-state index >= 15 is 0 Å². The second-order valence-corrected chi connectivity index (χ2v) is 7.76. The van der Waals surface area contributed by atoms with Crippen LogP contribution in [0, 0.1) is 11.7 Å². The van der Waals surface area contributed by atoms with Crippen molar-refractivity contribution < 1.29 is 24.1 Å². The normalized spacial score (nSPS) is 12.2. The molecule has 1 aromatic carbocycles. The van der Waals surface area contributed by atoms with Gasteiger partial charge < -0.3 is 24.8 Å². The van der Waals surface area contributed by atoms with Gasteiger partial charge in [0.15, 0.2) is 0 Å². The number of fused-ring (bicyclic) bond motifs is 1. The number of hydrogen-bond acceptors (Lipinski definition) is 6. The van der Waals surface area contributed by atoms with Gasteiger partial charge in [0.2, 0.25) is 11.3 Å². The monoisotopic (exact) mass is 443 g/mol. The van der Waals surface area contributed by atoms with Crippen molar-refractivity contribution in [2.24, 2.45) is 5.92 Å². The van der Waals surface area contributed by atoms with Crippen molar-refractivity contribution in [2.45, 2.75) is 26.3 Å². The summed E-state index contributed by atoms with van der Waals surface area (Å²) in [4.78, 5) is 29.0. The molecule has 0 saturated heterocycles. The van der Waals surface area contributed by atoms with Crippen LogP contribution < -0.4 is 15.5 Å². The molecule has 2 aromatic heterocycles. The topological polar surface area (TPSA) is 114 Å². The van der Waals surface area contributed by atoms with Gasteiger partial charge in [0.1, 0.15) is 17.0 Å². The van der Waals surface area contributed by atoms with Gasteiger partial charge in [-0.2, -0.15) is 4.98 Å². The van der Waals surface area contributed by atoms with Crippen LogP contribution in [0.2, 0.25) is 0 Å². The van der Waals surface area contributed by atoms with Crippen molar-refractivity contribution >= 4 is 22.7 Å². The number of pyridine rings is 2. The Morgan fingerprint density at radius 3 is 2.62 bits per heavy atom. The molecule has 8 nitrogen and oxygen atoms in total. The van der Waals surface area contributed by atoms with E-state index in [1.165, 1.54) is 30.0 Å². The fourth-order valence-electron chi connectivity index (χ4n) is 3.60. The minimum Gasteiger partial charge on any atom is -0.479 e. The molecule has 0 amide bonds. The lowest BCUT2D eigenvalue weighted by Gasteiger charge is -2.24. The standard InChI is InChI=1S/C23H26FN3O5/c1-13(2)19(12-28)27-11-16(23(30)31)20(29)15-10-18(22(32-3)26-21(15)27)25-9-8-14-6-4-5-7-17(14)24/h4-7,10-11,13,19,25,28H,8-9,12H2,1-3H3,(H,30,31)/t19-/m1/s1. The van der Waals surface area contributed by atoms with Gasteiger partial charge in [0.05, 0.1) is 30.8 Å². The molecule has 1 atom stereocenters. The molecule has 0 aliphatic heterocycles. The molecule has 0 spiro atoms. The summed E-state index contributed by atoms with van der Waals surface area (Å²) >= 11 is 0. The fraction of sp³-hybridized carbons (Fsp3) is 0.348. The minimum atomic E-state index is -1.36. The summed E-state index contributed by atoms with van der Waals surface area (Å²) in [6, 6.07) is 7.43. The van der Waals surface area contributed by atoms with Crippen LogP contribution in [-0.2, 0) is 6.42 Å². The fourth-order valence-corrected chi connectivity index (χ4v) is 3.60. The molecule has 2 heterocycles. The van der Waals surface area contributed by atoms with Crippen LogP contribution >= 0.6 is 0 Å². The maximum absolute atomic E-state index is 13.9. The average molecular weight is 443 g/mol. The number of carboxylic acids is 1. The number of methoxy groups -OCH3 is 1. The highest BCUT2D eigenvalue weighted by atomic mass is 19.1. The highest BCUT2D eigenvalue weighted by Crippen LogP contribution is 2.29. The number of aliphatic hydroxyl groups is 1. The van der Waals surface area contributed by atoms with Crippen molar-refractivity contribution in [1.29, 1.82) is 0 Å². The zero-order valence-electron chi connectivity index (χ0n) is 18.1. The molecule has 0 radical (unpaired) electrons. The third-order valence-electron chi connectivity index (χ3n) is 5.37. The van der Waals surface area contributed by atoms with Gasteiger partial charge >= 0.3 is 5.97 Å². The van der Waals surface area contributed by atoms with E-state index in [1.54, 1.807) is 18.2 Å².